The first-order valence-electron chi connectivity index (χ1n) is 7.50. The molecule has 0 bridgehead atoms. The fourth-order valence-electron chi connectivity index (χ4n) is 2.92. The van der Waals surface area contributed by atoms with Gasteiger partial charge in [0.1, 0.15) is 0 Å². The average Bonchev–Trinajstić information content (AvgIpc) is 2.90. The quantitative estimate of drug-likeness (QED) is 0.532. The van der Waals surface area contributed by atoms with Crippen molar-refractivity contribution in [1.82, 2.24) is 9.13 Å². The number of hydrogen-bond acceptors (Lipinski definition) is 2. The van der Waals surface area contributed by atoms with Gasteiger partial charge in [0.2, 0.25) is 0 Å². The molecule has 1 heterocycles. The SMILES string of the molecule is Nc1ccc(Br)cc1-n1c(=O)n(-c2ccccc2)c2ccccc21. The number of nitrogens with zero attached hydrogens (tertiary/aromatic N) is 2. The molecule has 0 fully saturated rings. The van der Waals surface area contributed by atoms with Gasteiger partial charge in [-0.3, -0.25) is 9.13 Å². The fraction of sp³-hybridized carbons (Fsp3) is 0. The van der Waals surface area contributed by atoms with Gasteiger partial charge in [-0.1, -0.05) is 46.3 Å². The largest absolute Gasteiger partial charge is 0.397 e. The minimum absolute atomic E-state index is 0.146. The number of aromatic nitrogens is 2. The predicted molar refractivity (Wildman–Crippen MR) is 101 cm³/mol. The standard InChI is InChI=1S/C19H14BrN3O/c20-13-10-11-15(21)18(12-13)23-17-9-5-4-8-16(17)22(19(23)24)14-6-2-1-3-7-14/h1-12H,21H2. The highest BCUT2D eigenvalue weighted by Gasteiger charge is 2.17. The lowest BCUT2D eigenvalue weighted by atomic mass is 10.2. The molecule has 0 aliphatic heterocycles. The monoisotopic (exact) mass is 379 g/mol. The average molecular weight is 380 g/mol. The third-order valence-electron chi connectivity index (χ3n) is 3.99. The van der Waals surface area contributed by atoms with Gasteiger partial charge in [-0.25, -0.2) is 4.79 Å². The van der Waals surface area contributed by atoms with Crippen LogP contribution >= 0.6 is 15.9 Å². The lowest BCUT2D eigenvalue weighted by Gasteiger charge is -2.07. The molecule has 0 unspecified atom stereocenters. The molecule has 4 rings (SSSR count). The Balaban J connectivity index is 2.14. The second kappa shape index (κ2) is 5.69. The van der Waals surface area contributed by atoms with Crippen molar-refractivity contribution >= 4 is 32.7 Å². The number of rotatable bonds is 2. The van der Waals surface area contributed by atoms with Gasteiger partial charge < -0.3 is 5.73 Å². The van der Waals surface area contributed by atoms with E-state index in [-0.39, 0.29) is 5.69 Å². The number of anilines is 1. The fourth-order valence-corrected chi connectivity index (χ4v) is 3.27. The van der Waals surface area contributed by atoms with Crippen LogP contribution in [0.3, 0.4) is 0 Å². The van der Waals surface area contributed by atoms with Crippen LogP contribution in [0.15, 0.2) is 82.1 Å². The van der Waals surface area contributed by atoms with Crippen molar-refractivity contribution in [2.45, 2.75) is 0 Å². The summed E-state index contributed by atoms with van der Waals surface area (Å²) in [5, 5.41) is 0. The van der Waals surface area contributed by atoms with Crippen LogP contribution < -0.4 is 11.4 Å². The van der Waals surface area contributed by atoms with Crippen LogP contribution in [0.2, 0.25) is 0 Å². The number of fused-ring (bicyclic) bond motifs is 1. The maximum absolute atomic E-state index is 13.2. The molecule has 5 heteroatoms. The summed E-state index contributed by atoms with van der Waals surface area (Å²) in [5.74, 6) is 0. The van der Waals surface area contributed by atoms with Gasteiger partial charge in [0.15, 0.2) is 0 Å². The molecule has 4 nitrogen and oxygen atoms in total. The second-order valence-corrected chi connectivity index (χ2v) is 6.40. The summed E-state index contributed by atoms with van der Waals surface area (Å²) in [5.41, 5.74) is 9.69. The molecule has 0 spiro atoms. The Morgan fingerprint density at radius 3 is 2.12 bits per heavy atom. The molecule has 0 amide bonds. The molecular formula is C19H14BrN3O. The molecule has 0 aliphatic carbocycles. The van der Waals surface area contributed by atoms with E-state index in [9.17, 15) is 4.79 Å². The third kappa shape index (κ3) is 2.25. The van der Waals surface area contributed by atoms with E-state index in [1.54, 1.807) is 15.2 Å². The van der Waals surface area contributed by atoms with Crippen LogP contribution in [0.25, 0.3) is 22.4 Å². The summed E-state index contributed by atoms with van der Waals surface area (Å²) >= 11 is 3.46. The van der Waals surface area contributed by atoms with Crippen LogP contribution in [0, 0.1) is 0 Å². The topological polar surface area (TPSA) is 52.9 Å². The van der Waals surface area contributed by atoms with E-state index in [2.05, 4.69) is 15.9 Å². The highest BCUT2D eigenvalue weighted by molar-refractivity contribution is 9.10. The number of hydrogen-bond donors (Lipinski definition) is 1. The van der Waals surface area contributed by atoms with Crippen molar-refractivity contribution in [3.05, 3.63) is 87.8 Å². The summed E-state index contributed by atoms with van der Waals surface area (Å²) in [4.78, 5) is 13.2. The zero-order valence-electron chi connectivity index (χ0n) is 12.7. The van der Waals surface area contributed by atoms with E-state index in [0.717, 1.165) is 21.2 Å². The first-order valence-corrected chi connectivity index (χ1v) is 8.29. The van der Waals surface area contributed by atoms with E-state index in [4.69, 9.17) is 5.73 Å². The van der Waals surface area contributed by atoms with Crippen LogP contribution in [-0.2, 0) is 0 Å². The van der Waals surface area contributed by atoms with Gasteiger partial charge in [0.05, 0.1) is 28.1 Å². The molecule has 0 saturated heterocycles. The van der Waals surface area contributed by atoms with Crippen molar-refractivity contribution in [1.29, 1.82) is 0 Å². The van der Waals surface area contributed by atoms with Crippen molar-refractivity contribution < 1.29 is 0 Å². The Hall–Kier alpha value is -2.79. The van der Waals surface area contributed by atoms with Crippen LogP contribution in [0.4, 0.5) is 5.69 Å². The maximum Gasteiger partial charge on any atom is 0.338 e. The summed E-state index contributed by atoms with van der Waals surface area (Å²) in [7, 11) is 0. The van der Waals surface area contributed by atoms with Gasteiger partial charge >= 0.3 is 5.69 Å². The Labute approximate surface area is 146 Å². The predicted octanol–water partition coefficient (Wildman–Crippen LogP) is 4.13. The Bertz CT molecular complexity index is 1100. The summed E-state index contributed by atoms with van der Waals surface area (Å²) in [6.07, 6.45) is 0. The molecule has 1 aromatic heterocycles. The van der Waals surface area contributed by atoms with Gasteiger partial charge in [-0.2, -0.15) is 0 Å². The van der Waals surface area contributed by atoms with E-state index in [1.807, 2.05) is 66.7 Å². The Morgan fingerprint density at radius 2 is 1.42 bits per heavy atom. The number of imidazole rings is 1. The number of para-hydroxylation sites is 3. The molecule has 0 saturated carbocycles. The van der Waals surface area contributed by atoms with E-state index in [0.29, 0.717) is 11.4 Å². The third-order valence-corrected chi connectivity index (χ3v) is 4.49. The first-order chi connectivity index (χ1) is 11.7. The van der Waals surface area contributed by atoms with Crippen LogP contribution in [0.1, 0.15) is 0 Å². The highest BCUT2D eigenvalue weighted by Crippen LogP contribution is 2.26. The van der Waals surface area contributed by atoms with E-state index in [1.165, 1.54) is 0 Å². The molecule has 2 N–H and O–H groups in total. The highest BCUT2D eigenvalue weighted by atomic mass is 79.9. The zero-order chi connectivity index (χ0) is 16.7. The minimum Gasteiger partial charge on any atom is -0.397 e. The first kappa shape index (κ1) is 14.8. The van der Waals surface area contributed by atoms with E-state index < -0.39 is 0 Å². The molecule has 24 heavy (non-hydrogen) atoms. The van der Waals surface area contributed by atoms with Crippen molar-refractivity contribution in [3.8, 4) is 11.4 Å². The Kier molecular flexibility index (Phi) is 3.50. The zero-order valence-corrected chi connectivity index (χ0v) is 14.3. The molecule has 0 atom stereocenters. The van der Waals surface area contributed by atoms with Crippen LogP contribution in [-0.4, -0.2) is 9.13 Å². The van der Waals surface area contributed by atoms with Crippen molar-refractivity contribution in [3.63, 3.8) is 0 Å². The minimum atomic E-state index is -0.146. The number of halogens is 1. The Morgan fingerprint density at radius 1 is 0.792 bits per heavy atom. The summed E-state index contributed by atoms with van der Waals surface area (Å²) < 4.78 is 4.23. The molecule has 3 aromatic carbocycles. The van der Waals surface area contributed by atoms with Gasteiger partial charge in [-0.15, -0.1) is 0 Å². The molecule has 118 valence electrons. The summed E-state index contributed by atoms with van der Waals surface area (Å²) in [6, 6.07) is 22.8. The number of benzene rings is 3. The maximum atomic E-state index is 13.2. The van der Waals surface area contributed by atoms with E-state index >= 15 is 0 Å². The van der Waals surface area contributed by atoms with Crippen molar-refractivity contribution in [2.75, 3.05) is 5.73 Å². The molecule has 0 radical (unpaired) electrons. The lowest BCUT2D eigenvalue weighted by Crippen LogP contribution is -2.22. The molecule has 0 aliphatic rings. The number of nitrogen functional groups attached to an aromatic ring is 1. The number of nitrogens with two attached hydrogens (primary N) is 1. The van der Waals surface area contributed by atoms with Gasteiger partial charge in [0.25, 0.3) is 0 Å². The van der Waals surface area contributed by atoms with Gasteiger partial charge in [-0.05, 0) is 42.5 Å². The second-order valence-electron chi connectivity index (χ2n) is 5.48. The van der Waals surface area contributed by atoms with Crippen LogP contribution in [0.5, 0.6) is 0 Å². The van der Waals surface area contributed by atoms with Crippen molar-refractivity contribution in [2.24, 2.45) is 0 Å². The molecular weight excluding hydrogens is 366 g/mol. The molecule has 4 aromatic rings. The van der Waals surface area contributed by atoms with Gasteiger partial charge in [0, 0.05) is 4.47 Å². The summed E-state index contributed by atoms with van der Waals surface area (Å²) in [6.45, 7) is 0. The smallest absolute Gasteiger partial charge is 0.338 e. The normalized spacial score (nSPS) is 11.0. The lowest BCUT2D eigenvalue weighted by molar-refractivity contribution is 0.931.